The van der Waals surface area contributed by atoms with Crippen molar-refractivity contribution in [3.05, 3.63) is 17.7 Å². The maximum Gasteiger partial charge on any atom is 0.256 e. The van der Waals surface area contributed by atoms with Crippen molar-refractivity contribution in [1.82, 2.24) is 4.90 Å². The number of nitrogens with zero attached hydrogens (tertiary/aromatic N) is 1. The van der Waals surface area contributed by atoms with Crippen LogP contribution in [0.3, 0.4) is 0 Å². The van der Waals surface area contributed by atoms with Gasteiger partial charge in [0.1, 0.15) is 11.5 Å². The molecular weight excluding hydrogens is 244 g/mol. The van der Waals surface area contributed by atoms with Gasteiger partial charge in [-0.05, 0) is 25.3 Å². The summed E-state index contributed by atoms with van der Waals surface area (Å²) in [6.07, 6.45) is 3.30. The first-order valence-electron chi connectivity index (χ1n) is 6.37. The number of amides is 1. The van der Waals surface area contributed by atoms with E-state index in [2.05, 4.69) is 0 Å². The predicted octanol–water partition coefficient (Wildman–Crippen LogP) is 1.91. The maximum absolute atomic E-state index is 12.5. The van der Waals surface area contributed by atoms with Crippen molar-refractivity contribution in [2.75, 3.05) is 27.0 Å². The Hall–Kier alpha value is -1.91. The monoisotopic (exact) mass is 264 g/mol. The summed E-state index contributed by atoms with van der Waals surface area (Å²) in [6, 6.07) is 3.66. The van der Waals surface area contributed by atoms with Crippen LogP contribution in [-0.2, 0) is 0 Å². The molecule has 19 heavy (non-hydrogen) atoms. The molecule has 104 valence electrons. The van der Waals surface area contributed by atoms with E-state index in [9.17, 15) is 4.79 Å². The standard InChI is InChI=1S/C14H20N2O3/c1-16(9-5-4-6-9)14(17)11-7-10(18-2)8-12(19-3)13(11)15/h7-9H,4-6,15H2,1-3H3. The van der Waals surface area contributed by atoms with E-state index in [1.54, 1.807) is 24.1 Å². The average molecular weight is 264 g/mol. The van der Waals surface area contributed by atoms with Gasteiger partial charge in [0.2, 0.25) is 0 Å². The minimum atomic E-state index is -0.0839. The zero-order valence-electron chi connectivity index (χ0n) is 11.6. The SMILES string of the molecule is COc1cc(OC)c(N)c(C(=O)N(C)C2CCC2)c1. The third kappa shape index (κ3) is 2.45. The molecule has 1 aromatic carbocycles. The van der Waals surface area contributed by atoms with Gasteiger partial charge in [0.25, 0.3) is 5.91 Å². The van der Waals surface area contributed by atoms with Gasteiger partial charge in [-0.1, -0.05) is 0 Å². The largest absolute Gasteiger partial charge is 0.497 e. The topological polar surface area (TPSA) is 64.8 Å². The van der Waals surface area contributed by atoms with Crippen molar-refractivity contribution in [1.29, 1.82) is 0 Å². The summed E-state index contributed by atoms with van der Waals surface area (Å²) in [7, 11) is 4.89. The van der Waals surface area contributed by atoms with Crippen molar-refractivity contribution < 1.29 is 14.3 Å². The fourth-order valence-electron chi connectivity index (χ4n) is 2.19. The first-order valence-corrected chi connectivity index (χ1v) is 6.37. The van der Waals surface area contributed by atoms with E-state index >= 15 is 0 Å². The Morgan fingerprint density at radius 1 is 1.32 bits per heavy atom. The molecule has 1 aromatic rings. The number of hydrogen-bond acceptors (Lipinski definition) is 4. The van der Waals surface area contributed by atoms with Gasteiger partial charge in [-0.2, -0.15) is 0 Å². The van der Waals surface area contributed by atoms with Gasteiger partial charge in [-0.3, -0.25) is 4.79 Å². The minimum Gasteiger partial charge on any atom is -0.497 e. The lowest BCUT2D eigenvalue weighted by Crippen LogP contribution is -2.41. The molecule has 0 aliphatic heterocycles. The van der Waals surface area contributed by atoms with Crippen LogP contribution in [0.2, 0.25) is 0 Å². The Morgan fingerprint density at radius 3 is 2.47 bits per heavy atom. The lowest BCUT2D eigenvalue weighted by molar-refractivity contribution is 0.0652. The van der Waals surface area contributed by atoms with E-state index in [0.29, 0.717) is 28.8 Å². The highest BCUT2D eigenvalue weighted by atomic mass is 16.5. The molecule has 0 radical (unpaired) electrons. The fraction of sp³-hybridized carbons (Fsp3) is 0.500. The number of carbonyl (C=O) groups is 1. The van der Waals surface area contributed by atoms with Crippen molar-refractivity contribution in [3.8, 4) is 11.5 Å². The van der Waals surface area contributed by atoms with Crippen LogP contribution in [0, 0.1) is 0 Å². The van der Waals surface area contributed by atoms with Gasteiger partial charge in [-0.15, -0.1) is 0 Å². The van der Waals surface area contributed by atoms with E-state index in [-0.39, 0.29) is 5.91 Å². The van der Waals surface area contributed by atoms with Gasteiger partial charge in [0.15, 0.2) is 0 Å². The Labute approximate surface area is 113 Å². The summed E-state index contributed by atoms with van der Waals surface area (Å²) in [4.78, 5) is 14.2. The second kappa shape index (κ2) is 5.38. The number of nitrogens with two attached hydrogens (primary N) is 1. The molecule has 5 heteroatoms. The molecule has 0 unspecified atom stereocenters. The summed E-state index contributed by atoms with van der Waals surface area (Å²) < 4.78 is 10.4. The van der Waals surface area contributed by atoms with E-state index < -0.39 is 0 Å². The van der Waals surface area contributed by atoms with Gasteiger partial charge in [0.05, 0.1) is 25.5 Å². The van der Waals surface area contributed by atoms with E-state index in [1.807, 2.05) is 7.05 Å². The number of carbonyl (C=O) groups excluding carboxylic acids is 1. The van der Waals surface area contributed by atoms with E-state index in [4.69, 9.17) is 15.2 Å². The summed E-state index contributed by atoms with van der Waals surface area (Å²) in [6.45, 7) is 0. The van der Waals surface area contributed by atoms with Gasteiger partial charge in [-0.25, -0.2) is 0 Å². The number of hydrogen-bond donors (Lipinski definition) is 1. The molecule has 0 saturated heterocycles. The van der Waals surface area contributed by atoms with Crippen molar-refractivity contribution in [2.45, 2.75) is 25.3 Å². The van der Waals surface area contributed by atoms with Crippen molar-refractivity contribution >= 4 is 11.6 Å². The van der Waals surface area contributed by atoms with Crippen molar-refractivity contribution in [2.24, 2.45) is 0 Å². The smallest absolute Gasteiger partial charge is 0.256 e. The van der Waals surface area contributed by atoms with Crippen molar-refractivity contribution in [3.63, 3.8) is 0 Å². The minimum absolute atomic E-state index is 0.0839. The lowest BCUT2D eigenvalue weighted by atomic mass is 9.91. The van der Waals surface area contributed by atoms with Crippen LogP contribution in [0.5, 0.6) is 11.5 Å². The third-order valence-corrected chi connectivity index (χ3v) is 3.74. The predicted molar refractivity (Wildman–Crippen MR) is 73.7 cm³/mol. The molecule has 1 fully saturated rings. The third-order valence-electron chi connectivity index (χ3n) is 3.74. The molecule has 1 aliphatic rings. The highest BCUT2D eigenvalue weighted by Gasteiger charge is 2.28. The average Bonchev–Trinajstić information content (AvgIpc) is 2.36. The van der Waals surface area contributed by atoms with Gasteiger partial charge in [0, 0.05) is 19.2 Å². The summed E-state index contributed by atoms with van der Waals surface area (Å²) in [5.74, 6) is 0.945. The molecule has 0 atom stereocenters. The second-order valence-corrected chi connectivity index (χ2v) is 4.79. The molecule has 5 nitrogen and oxygen atoms in total. The molecule has 0 aromatic heterocycles. The van der Waals surface area contributed by atoms with Crippen LogP contribution in [-0.4, -0.2) is 38.1 Å². The number of benzene rings is 1. The quantitative estimate of drug-likeness (QED) is 0.844. The number of methoxy groups -OCH3 is 2. The van der Waals surface area contributed by atoms with Crippen LogP contribution in [0.4, 0.5) is 5.69 Å². The summed E-state index contributed by atoms with van der Waals surface area (Å²) in [5.41, 5.74) is 6.78. The Morgan fingerprint density at radius 2 is 2.00 bits per heavy atom. The lowest BCUT2D eigenvalue weighted by Gasteiger charge is -2.35. The van der Waals surface area contributed by atoms with E-state index in [0.717, 1.165) is 12.8 Å². The molecular formula is C14H20N2O3. The Bertz CT molecular complexity index is 484. The van der Waals surface area contributed by atoms with Gasteiger partial charge < -0.3 is 20.1 Å². The van der Waals surface area contributed by atoms with Crippen LogP contribution >= 0.6 is 0 Å². The van der Waals surface area contributed by atoms with Gasteiger partial charge >= 0.3 is 0 Å². The molecule has 1 aliphatic carbocycles. The molecule has 0 bridgehead atoms. The number of nitrogen functional groups attached to an aromatic ring is 1. The summed E-state index contributed by atoms with van der Waals surface area (Å²) >= 11 is 0. The first-order chi connectivity index (χ1) is 9.08. The normalized spacial score (nSPS) is 14.7. The fourth-order valence-corrected chi connectivity index (χ4v) is 2.19. The number of ether oxygens (including phenoxy) is 2. The maximum atomic E-state index is 12.5. The summed E-state index contributed by atoms with van der Waals surface area (Å²) in [5, 5.41) is 0. The highest BCUT2D eigenvalue weighted by Crippen LogP contribution is 2.33. The number of anilines is 1. The first kappa shape index (κ1) is 13.5. The second-order valence-electron chi connectivity index (χ2n) is 4.79. The van der Waals surface area contributed by atoms with Crippen LogP contribution in [0.25, 0.3) is 0 Å². The van der Waals surface area contributed by atoms with Crippen LogP contribution < -0.4 is 15.2 Å². The number of rotatable bonds is 4. The van der Waals surface area contributed by atoms with Crippen LogP contribution in [0.15, 0.2) is 12.1 Å². The zero-order valence-corrected chi connectivity index (χ0v) is 11.6. The Kier molecular flexibility index (Phi) is 3.83. The van der Waals surface area contributed by atoms with E-state index in [1.165, 1.54) is 13.5 Å². The Balaban J connectivity index is 2.34. The molecule has 0 spiro atoms. The molecule has 2 N–H and O–H groups in total. The zero-order chi connectivity index (χ0) is 14.0. The van der Waals surface area contributed by atoms with Crippen LogP contribution in [0.1, 0.15) is 29.6 Å². The molecule has 2 rings (SSSR count). The molecule has 1 saturated carbocycles. The molecule has 0 heterocycles. The molecule has 1 amide bonds. The highest BCUT2D eigenvalue weighted by molar-refractivity contribution is 6.01.